The van der Waals surface area contributed by atoms with Gasteiger partial charge in [0.05, 0.1) is 12.0 Å². The first-order chi connectivity index (χ1) is 14.8. The Morgan fingerprint density at radius 2 is 1.90 bits per heavy atom. The molecule has 1 saturated heterocycles. The van der Waals surface area contributed by atoms with Gasteiger partial charge in [-0.25, -0.2) is 4.98 Å². The van der Waals surface area contributed by atoms with E-state index in [1.807, 2.05) is 43.0 Å². The SMILES string of the molecule is O[C@@H]1CN(Cc2cncn2C2CCCCC2)CC[C@H]1Oc1ccc2ccncc2c1. The fourth-order valence-corrected chi connectivity index (χ4v) is 4.94. The molecule has 2 aromatic heterocycles. The second-order valence-electron chi connectivity index (χ2n) is 8.72. The summed E-state index contributed by atoms with van der Waals surface area (Å²) in [6.45, 7) is 2.37. The van der Waals surface area contributed by atoms with Gasteiger partial charge in [0.25, 0.3) is 0 Å². The van der Waals surface area contributed by atoms with Crippen molar-refractivity contribution in [2.75, 3.05) is 13.1 Å². The van der Waals surface area contributed by atoms with Crippen LogP contribution in [0, 0.1) is 0 Å². The van der Waals surface area contributed by atoms with Gasteiger partial charge in [-0.2, -0.15) is 0 Å². The van der Waals surface area contributed by atoms with Gasteiger partial charge in [0, 0.05) is 49.7 Å². The van der Waals surface area contributed by atoms with Crippen molar-refractivity contribution in [2.45, 2.75) is 63.3 Å². The molecule has 0 unspecified atom stereocenters. The Morgan fingerprint density at radius 3 is 2.77 bits per heavy atom. The third-order valence-corrected chi connectivity index (χ3v) is 6.60. The van der Waals surface area contributed by atoms with Gasteiger partial charge < -0.3 is 14.4 Å². The second-order valence-corrected chi connectivity index (χ2v) is 8.72. The molecule has 6 nitrogen and oxygen atoms in total. The standard InChI is InChI=1S/C24H30N4O2/c29-23-16-27(15-21-14-26-17-28(21)20-4-2-1-3-5-20)11-9-24(23)30-22-7-6-18-8-10-25-13-19(18)12-22/h6-8,10,12-14,17,20,23-24,29H,1-5,9,11,15-16H2/t23-,24-/m1/s1. The summed E-state index contributed by atoms with van der Waals surface area (Å²) < 4.78 is 8.53. The van der Waals surface area contributed by atoms with E-state index >= 15 is 0 Å². The maximum atomic E-state index is 10.8. The summed E-state index contributed by atoms with van der Waals surface area (Å²) in [5.74, 6) is 0.795. The van der Waals surface area contributed by atoms with Crippen LogP contribution in [0.3, 0.4) is 0 Å². The van der Waals surface area contributed by atoms with Crippen molar-refractivity contribution >= 4 is 10.8 Å². The van der Waals surface area contributed by atoms with E-state index in [0.717, 1.165) is 36.0 Å². The summed E-state index contributed by atoms with van der Waals surface area (Å²) in [6, 6.07) is 8.60. The Hall–Kier alpha value is -2.44. The molecule has 158 valence electrons. The predicted molar refractivity (Wildman–Crippen MR) is 116 cm³/mol. The van der Waals surface area contributed by atoms with Crippen molar-refractivity contribution in [3.63, 3.8) is 0 Å². The first kappa shape index (κ1) is 19.5. The third kappa shape index (κ3) is 4.20. The lowest BCUT2D eigenvalue weighted by Crippen LogP contribution is -2.48. The van der Waals surface area contributed by atoms with Gasteiger partial charge in [0.2, 0.25) is 0 Å². The largest absolute Gasteiger partial charge is 0.488 e. The predicted octanol–water partition coefficient (Wildman–Crippen LogP) is 3.95. The highest BCUT2D eigenvalue weighted by molar-refractivity contribution is 5.82. The van der Waals surface area contributed by atoms with Gasteiger partial charge in [-0.15, -0.1) is 0 Å². The van der Waals surface area contributed by atoms with Gasteiger partial charge in [-0.1, -0.05) is 25.3 Å². The lowest BCUT2D eigenvalue weighted by atomic mass is 9.95. The number of rotatable bonds is 5. The Morgan fingerprint density at radius 1 is 1.00 bits per heavy atom. The van der Waals surface area contributed by atoms with Crippen LogP contribution in [-0.2, 0) is 6.54 Å². The van der Waals surface area contributed by atoms with E-state index in [1.165, 1.54) is 37.8 Å². The average molecular weight is 407 g/mol. The number of likely N-dealkylation sites (tertiary alicyclic amines) is 1. The first-order valence-corrected chi connectivity index (χ1v) is 11.2. The summed E-state index contributed by atoms with van der Waals surface area (Å²) in [4.78, 5) is 10.9. The zero-order valence-electron chi connectivity index (χ0n) is 17.4. The van der Waals surface area contributed by atoms with Crippen molar-refractivity contribution in [3.05, 3.63) is 54.9 Å². The van der Waals surface area contributed by atoms with Crippen LogP contribution in [0.2, 0.25) is 0 Å². The van der Waals surface area contributed by atoms with Crippen LogP contribution in [0.15, 0.2) is 49.2 Å². The molecule has 3 aromatic rings. The lowest BCUT2D eigenvalue weighted by Gasteiger charge is -2.36. The molecule has 30 heavy (non-hydrogen) atoms. The molecule has 6 heteroatoms. The minimum absolute atomic E-state index is 0.182. The van der Waals surface area contributed by atoms with E-state index in [0.29, 0.717) is 12.6 Å². The zero-order valence-corrected chi connectivity index (χ0v) is 17.4. The molecule has 0 bridgehead atoms. The first-order valence-electron chi connectivity index (χ1n) is 11.2. The Bertz CT molecular complexity index is 982. The molecule has 2 atom stereocenters. The van der Waals surface area contributed by atoms with Gasteiger partial charge in [-0.3, -0.25) is 9.88 Å². The van der Waals surface area contributed by atoms with Gasteiger partial charge in [-0.05, 0) is 42.8 Å². The van der Waals surface area contributed by atoms with Gasteiger partial charge in [0.15, 0.2) is 0 Å². The van der Waals surface area contributed by atoms with Gasteiger partial charge >= 0.3 is 0 Å². The van der Waals surface area contributed by atoms with Crippen molar-refractivity contribution in [1.82, 2.24) is 19.4 Å². The van der Waals surface area contributed by atoms with Crippen molar-refractivity contribution in [3.8, 4) is 5.75 Å². The smallest absolute Gasteiger partial charge is 0.127 e. The van der Waals surface area contributed by atoms with Crippen LogP contribution >= 0.6 is 0 Å². The monoisotopic (exact) mass is 406 g/mol. The summed E-state index contributed by atoms with van der Waals surface area (Å²) >= 11 is 0. The Kier molecular flexibility index (Phi) is 5.69. The molecular formula is C24H30N4O2. The van der Waals surface area contributed by atoms with E-state index in [9.17, 15) is 5.11 Å². The van der Waals surface area contributed by atoms with E-state index < -0.39 is 6.10 Å². The molecule has 1 saturated carbocycles. The van der Waals surface area contributed by atoms with Crippen LogP contribution < -0.4 is 4.74 Å². The molecule has 1 aliphatic carbocycles. The molecule has 2 aliphatic rings. The molecule has 5 rings (SSSR count). The Labute approximate surface area is 177 Å². The summed E-state index contributed by atoms with van der Waals surface area (Å²) in [7, 11) is 0. The molecule has 1 aliphatic heterocycles. The maximum Gasteiger partial charge on any atom is 0.127 e. The highest BCUT2D eigenvalue weighted by Crippen LogP contribution is 2.30. The fraction of sp³-hybridized carbons (Fsp3) is 0.500. The number of ether oxygens (including phenoxy) is 1. The molecule has 2 fully saturated rings. The lowest BCUT2D eigenvalue weighted by molar-refractivity contribution is -0.0280. The number of pyridine rings is 1. The van der Waals surface area contributed by atoms with E-state index in [2.05, 4.69) is 19.4 Å². The van der Waals surface area contributed by atoms with Crippen molar-refractivity contribution < 1.29 is 9.84 Å². The summed E-state index contributed by atoms with van der Waals surface area (Å²) in [5, 5.41) is 13.0. The minimum Gasteiger partial charge on any atom is -0.488 e. The number of aliphatic hydroxyl groups is 1. The number of benzene rings is 1. The summed E-state index contributed by atoms with van der Waals surface area (Å²) in [5.41, 5.74) is 1.26. The van der Waals surface area contributed by atoms with Crippen LogP contribution in [0.5, 0.6) is 5.75 Å². The minimum atomic E-state index is -0.505. The summed E-state index contributed by atoms with van der Waals surface area (Å²) in [6.07, 6.45) is 14.2. The third-order valence-electron chi connectivity index (χ3n) is 6.60. The molecule has 1 aromatic carbocycles. The molecule has 0 radical (unpaired) electrons. The van der Waals surface area contributed by atoms with E-state index in [-0.39, 0.29) is 6.10 Å². The molecule has 3 heterocycles. The number of aromatic nitrogens is 3. The Balaban J connectivity index is 1.20. The number of fused-ring (bicyclic) bond motifs is 1. The van der Waals surface area contributed by atoms with Gasteiger partial charge in [0.1, 0.15) is 18.0 Å². The maximum absolute atomic E-state index is 10.8. The van der Waals surface area contributed by atoms with E-state index in [1.54, 1.807) is 6.20 Å². The average Bonchev–Trinajstić information content (AvgIpc) is 3.24. The van der Waals surface area contributed by atoms with Crippen LogP contribution in [0.25, 0.3) is 10.8 Å². The number of piperidine rings is 1. The fourth-order valence-electron chi connectivity index (χ4n) is 4.94. The van der Waals surface area contributed by atoms with E-state index in [4.69, 9.17) is 4.74 Å². The number of hydrogen-bond donors (Lipinski definition) is 1. The molecular weight excluding hydrogens is 376 g/mol. The topological polar surface area (TPSA) is 63.4 Å². The number of aliphatic hydroxyl groups excluding tert-OH is 1. The van der Waals surface area contributed by atoms with Crippen molar-refractivity contribution in [1.29, 1.82) is 0 Å². The van der Waals surface area contributed by atoms with Crippen LogP contribution in [0.1, 0.15) is 50.3 Å². The normalized spacial score (nSPS) is 23.6. The van der Waals surface area contributed by atoms with Crippen molar-refractivity contribution in [2.24, 2.45) is 0 Å². The highest BCUT2D eigenvalue weighted by Gasteiger charge is 2.30. The molecule has 1 N–H and O–H groups in total. The quantitative estimate of drug-likeness (QED) is 0.695. The molecule has 0 amide bonds. The second kappa shape index (κ2) is 8.74. The van der Waals surface area contributed by atoms with Crippen LogP contribution in [0.4, 0.5) is 0 Å². The molecule has 0 spiro atoms. The number of β-amino-alcohol motifs (C(OH)–C–C–N with tert-alkyl or cyclic N) is 1. The highest BCUT2D eigenvalue weighted by atomic mass is 16.5. The van der Waals surface area contributed by atoms with Crippen LogP contribution in [-0.4, -0.2) is 49.8 Å². The zero-order chi connectivity index (χ0) is 20.3. The number of nitrogens with zero attached hydrogens (tertiary/aromatic N) is 4. The number of hydrogen-bond acceptors (Lipinski definition) is 5. The number of imidazole rings is 1.